The average molecular weight is 333 g/mol. The van der Waals surface area contributed by atoms with Crippen LogP contribution in [0.1, 0.15) is 30.4 Å². The molecular formula is C19H27NO4. The zero-order chi connectivity index (χ0) is 17.1. The molecule has 3 atom stereocenters. The van der Waals surface area contributed by atoms with E-state index >= 15 is 0 Å². The maximum absolute atomic E-state index is 12.6. The number of aliphatic hydroxyl groups excluding tert-OH is 1. The average Bonchev–Trinajstić information content (AvgIpc) is 3.03. The van der Waals surface area contributed by atoms with Crippen LogP contribution in [-0.2, 0) is 9.53 Å². The molecule has 0 unspecified atom stereocenters. The highest BCUT2D eigenvalue weighted by atomic mass is 16.5. The van der Waals surface area contributed by atoms with Gasteiger partial charge in [0.05, 0.1) is 12.7 Å². The van der Waals surface area contributed by atoms with E-state index in [1.54, 1.807) is 0 Å². The van der Waals surface area contributed by atoms with E-state index in [2.05, 4.69) is 0 Å². The molecule has 3 rings (SSSR count). The van der Waals surface area contributed by atoms with Gasteiger partial charge in [0.15, 0.2) is 6.61 Å². The molecule has 1 amide bonds. The van der Waals surface area contributed by atoms with E-state index in [1.165, 1.54) is 5.56 Å². The SMILES string of the molecule is Cc1ccc(OCC(=O)N2CCC[C@@H]2[C@H]2COCC[C@H]2O)c(C)c1. The molecule has 1 aromatic carbocycles. The van der Waals surface area contributed by atoms with Crippen molar-refractivity contribution in [1.82, 2.24) is 4.90 Å². The smallest absolute Gasteiger partial charge is 0.260 e. The van der Waals surface area contributed by atoms with E-state index in [0.29, 0.717) is 19.6 Å². The van der Waals surface area contributed by atoms with Crippen molar-refractivity contribution in [2.24, 2.45) is 5.92 Å². The summed E-state index contributed by atoms with van der Waals surface area (Å²) in [5, 5.41) is 10.2. The van der Waals surface area contributed by atoms with Crippen molar-refractivity contribution in [2.45, 2.75) is 45.3 Å². The Morgan fingerprint density at radius 3 is 2.96 bits per heavy atom. The minimum atomic E-state index is -0.377. The number of carbonyl (C=O) groups is 1. The minimum absolute atomic E-state index is 0.00440. The van der Waals surface area contributed by atoms with E-state index in [4.69, 9.17) is 9.47 Å². The van der Waals surface area contributed by atoms with Crippen LogP contribution in [-0.4, -0.2) is 54.4 Å². The van der Waals surface area contributed by atoms with E-state index in [1.807, 2.05) is 36.9 Å². The Morgan fingerprint density at radius 2 is 2.21 bits per heavy atom. The number of rotatable bonds is 4. The van der Waals surface area contributed by atoms with Crippen molar-refractivity contribution in [2.75, 3.05) is 26.4 Å². The topological polar surface area (TPSA) is 59.0 Å². The summed E-state index contributed by atoms with van der Waals surface area (Å²) in [4.78, 5) is 14.5. The lowest BCUT2D eigenvalue weighted by molar-refractivity contribution is -0.138. The second-order valence-corrected chi connectivity index (χ2v) is 6.95. The molecule has 1 aromatic rings. The Morgan fingerprint density at radius 1 is 1.38 bits per heavy atom. The van der Waals surface area contributed by atoms with Crippen molar-refractivity contribution >= 4 is 5.91 Å². The number of carbonyl (C=O) groups excluding carboxylic acids is 1. The molecule has 5 nitrogen and oxygen atoms in total. The Balaban J connectivity index is 1.61. The highest BCUT2D eigenvalue weighted by Crippen LogP contribution is 2.30. The number of amides is 1. The Labute approximate surface area is 143 Å². The summed E-state index contributed by atoms with van der Waals surface area (Å²) < 4.78 is 11.3. The first kappa shape index (κ1) is 17.2. The van der Waals surface area contributed by atoms with Crippen LogP contribution in [0.25, 0.3) is 0 Å². The number of hydrogen-bond donors (Lipinski definition) is 1. The van der Waals surface area contributed by atoms with Gasteiger partial charge in [-0.25, -0.2) is 0 Å². The van der Waals surface area contributed by atoms with Crippen LogP contribution in [0.2, 0.25) is 0 Å². The number of aryl methyl sites for hydroxylation is 2. The van der Waals surface area contributed by atoms with Crippen LogP contribution in [0.3, 0.4) is 0 Å². The van der Waals surface area contributed by atoms with Gasteiger partial charge in [0, 0.05) is 25.1 Å². The summed E-state index contributed by atoms with van der Waals surface area (Å²) in [5.74, 6) is 0.771. The molecule has 0 radical (unpaired) electrons. The molecule has 2 heterocycles. The van der Waals surface area contributed by atoms with E-state index in [0.717, 1.165) is 30.7 Å². The molecule has 0 bridgehead atoms. The zero-order valence-corrected chi connectivity index (χ0v) is 14.5. The Bertz CT molecular complexity index is 589. The van der Waals surface area contributed by atoms with Crippen LogP contribution in [0.5, 0.6) is 5.75 Å². The van der Waals surface area contributed by atoms with Gasteiger partial charge in [-0.3, -0.25) is 4.79 Å². The van der Waals surface area contributed by atoms with E-state index in [-0.39, 0.29) is 30.6 Å². The van der Waals surface area contributed by atoms with Crippen molar-refractivity contribution in [1.29, 1.82) is 0 Å². The van der Waals surface area contributed by atoms with Crippen LogP contribution in [0.4, 0.5) is 0 Å². The molecule has 2 saturated heterocycles. The Hall–Kier alpha value is -1.59. The summed E-state index contributed by atoms with van der Waals surface area (Å²) in [6.07, 6.45) is 2.18. The second-order valence-electron chi connectivity index (χ2n) is 6.95. The summed E-state index contributed by atoms with van der Waals surface area (Å²) >= 11 is 0. The molecular weight excluding hydrogens is 306 g/mol. The number of ether oxygens (including phenoxy) is 2. The van der Waals surface area contributed by atoms with Crippen LogP contribution in [0.15, 0.2) is 18.2 Å². The predicted octanol–water partition coefficient (Wildman–Crippen LogP) is 2.07. The fraction of sp³-hybridized carbons (Fsp3) is 0.632. The number of aliphatic hydroxyl groups is 1. The van der Waals surface area contributed by atoms with Crippen molar-refractivity contribution in [3.05, 3.63) is 29.3 Å². The fourth-order valence-electron chi connectivity index (χ4n) is 3.85. The normalized spacial score (nSPS) is 27.3. The zero-order valence-electron chi connectivity index (χ0n) is 14.5. The first-order valence-electron chi connectivity index (χ1n) is 8.81. The molecule has 1 N–H and O–H groups in total. The summed E-state index contributed by atoms with van der Waals surface area (Å²) in [6.45, 7) is 5.95. The Kier molecular flexibility index (Phi) is 5.41. The summed E-state index contributed by atoms with van der Waals surface area (Å²) in [7, 11) is 0. The third kappa shape index (κ3) is 3.73. The molecule has 0 aromatic heterocycles. The van der Waals surface area contributed by atoms with Crippen molar-refractivity contribution in [3.63, 3.8) is 0 Å². The number of likely N-dealkylation sites (tertiary alicyclic amines) is 1. The lowest BCUT2D eigenvalue weighted by Crippen LogP contribution is -2.49. The van der Waals surface area contributed by atoms with Crippen molar-refractivity contribution in [3.8, 4) is 5.75 Å². The fourth-order valence-corrected chi connectivity index (χ4v) is 3.85. The van der Waals surface area contributed by atoms with Crippen LogP contribution in [0, 0.1) is 19.8 Å². The van der Waals surface area contributed by atoms with Gasteiger partial charge in [-0.2, -0.15) is 0 Å². The van der Waals surface area contributed by atoms with Gasteiger partial charge in [0.25, 0.3) is 5.91 Å². The minimum Gasteiger partial charge on any atom is -0.484 e. The summed E-state index contributed by atoms with van der Waals surface area (Å²) in [6, 6.07) is 6.02. The first-order chi connectivity index (χ1) is 11.6. The standard InChI is InChI=1S/C19H27NO4/c1-13-5-6-18(14(2)10-13)24-12-19(22)20-8-3-4-16(20)15-11-23-9-7-17(15)21/h5-6,10,15-17,21H,3-4,7-9,11-12H2,1-2H3/t15-,16-,17-/m1/s1. The third-order valence-electron chi connectivity index (χ3n) is 5.16. The lowest BCUT2D eigenvalue weighted by Gasteiger charge is -2.36. The maximum atomic E-state index is 12.6. The molecule has 0 saturated carbocycles. The lowest BCUT2D eigenvalue weighted by atomic mass is 9.89. The number of hydrogen-bond acceptors (Lipinski definition) is 4. The third-order valence-corrected chi connectivity index (χ3v) is 5.16. The predicted molar refractivity (Wildman–Crippen MR) is 91.1 cm³/mol. The molecule has 2 aliphatic rings. The number of nitrogens with zero attached hydrogens (tertiary/aromatic N) is 1. The molecule has 0 aliphatic carbocycles. The largest absolute Gasteiger partial charge is 0.484 e. The highest BCUT2D eigenvalue weighted by Gasteiger charge is 2.39. The van der Waals surface area contributed by atoms with Gasteiger partial charge in [-0.1, -0.05) is 17.7 Å². The van der Waals surface area contributed by atoms with Gasteiger partial charge in [-0.05, 0) is 44.7 Å². The van der Waals surface area contributed by atoms with Gasteiger partial charge in [-0.15, -0.1) is 0 Å². The first-order valence-corrected chi connectivity index (χ1v) is 8.81. The van der Waals surface area contributed by atoms with Crippen LogP contribution >= 0.6 is 0 Å². The quantitative estimate of drug-likeness (QED) is 0.916. The van der Waals surface area contributed by atoms with Gasteiger partial charge in [0.2, 0.25) is 0 Å². The van der Waals surface area contributed by atoms with E-state index in [9.17, 15) is 9.90 Å². The van der Waals surface area contributed by atoms with Gasteiger partial charge < -0.3 is 19.5 Å². The maximum Gasteiger partial charge on any atom is 0.260 e. The molecule has 132 valence electrons. The highest BCUT2D eigenvalue weighted by molar-refractivity contribution is 5.78. The second kappa shape index (κ2) is 7.53. The number of benzene rings is 1. The van der Waals surface area contributed by atoms with Gasteiger partial charge >= 0.3 is 0 Å². The van der Waals surface area contributed by atoms with Gasteiger partial charge in [0.1, 0.15) is 5.75 Å². The van der Waals surface area contributed by atoms with E-state index < -0.39 is 0 Å². The monoisotopic (exact) mass is 333 g/mol. The molecule has 2 fully saturated rings. The molecule has 0 spiro atoms. The van der Waals surface area contributed by atoms with Crippen LogP contribution < -0.4 is 4.74 Å². The van der Waals surface area contributed by atoms with Crippen molar-refractivity contribution < 1.29 is 19.4 Å². The summed E-state index contributed by atoms with van der Waals surface area (Å²) in [5.41, 5.74) is 2.22. The molecule has 2 aliphatic heterocycles. The molecule has 5 heteroatoms. The molecule has 24 heavy (non-hydrogen) atoms.